The number of ether oxygens (including phenoxy) is 3. The molecule has 0 heterocycles. The lowest BCUT2D eigenvalue weighted by molar-refractivity contribution is -0.150. The van der Waals surface area contributed by atoms with Crippen LogP contribution in [-0.2, 0) is 14.3 Å². The predicted molar refractivity (Wildman–Crippen MR) is 97.5 cm³/mol. The van der Waals surface area contributed by atoms with Gasteiger partial charge in [-0.15, -0.1) is 0 Å². The minimum Gasteiger partial charge on any atom is -0.497 e. The lowest BCUT2D eigenvalue weighted by Crippen LogP contribution is -2.48. The van der Waals surface area contributed by atoms with Crippen molar-refractivity contribution < 1.29 is 28.6 Å². The molecule has 1 aliphatic carbocycles. The van der Waals surface area contributed by atoms with Crippen molar-refractivity contribution in [2.75, 3.05) is 20.3 Å². The number of benzene rings is 1. The van der Waals surface area contributed by atoms with Crippen LogP contribution in [0.25, 0.3) is 0 Å². The first kappa shape index (κ1) is 20.5. The van der Waals surface area contributed by atoms with E-state index in [2.05, 4.69) is 17.6 Å². The quantitative estimate of drug-likeness (QED) is 0.704. The molecule has 27 heavy (non-hydrogen) atoms. The molecule has 8 heteroatoms. The van der Waals surface area contributed by atoms with Crippen LogP contribution in [0.2, 0.25) is 0 Å². The van der Waals surface area contributed by atoms with Gasteiger partial charge in [0.05, 0.1) is 7.11 Å². The van der Waals surface area contributed by atoms with E-state index < -0.39 is 24.5 Å². The number of nitrogens with one attached hydrogen (secondary N) is 2. The molecule has 1 aliphatic rings. The zero-order chi connectivity index (χ0) is 19.6. The molecule has 0 aliphatic heterocycles. The second-order valence-corrected chi connectivity index (χ2v) is 6.51. The Hall–Kier alpha value is -2.77. The van der Waals surface area contributed by atoms with E-state index in [1.54, 1.807) is 31.4 Å². The van der Waals surface area contributed by atoms with Gasteiger partial charge in [0, 0.05) is 6.04 Å². The fourth-order valence-corrected chi connectivity index (χ4v) is 2.90. The second-order valence-electron chi connectivity index (χ2n) is 6.51. The third kappa shape index (κ3) is 7.16. The van der Waals surface area contributed by atoms with E-state index >= 15 is 0 Å². The Morgan fingerprint density at radius 1 is 1.04 bits per heavy atom. The number of rotatable bonds is 7. The van der Waals surface area contributed by atoms with Crippen LogP contribution in [0.3, 0.4) is 0 Å². The highest BCUT2D eigenvalue weighted by atomic mass is 16.6. The normalized spacial score (nSPS) is 18.9. The number of hydrogen-bond donors (Lipinski definition) is 2. The standard InChI is InChI=1S/C19H26N2O6/c1-13-5-3-4-6-16(13)20-19(24)21-17(22)11-27-18(23)12-26-15-9-7-14(25-2)8-10-15/h7-10,13,16H,3-6,11-12H2,1-2H3,(H2,20,21,22,24)/t13-,16+/m0/s1. The number of methoxy groups -OCH3 is 1. The Bertz CT molecular complexity index is 646. The van der Waals surface area contributed by atoms with Crippen LogP contribution in [0.1, 0.15) is 32.6 Å². The van der Waals surface area contributed by atoms with Gasteiger partial charge in [-0.1, -0.05) is 19.8 Å². The van der Waals surface area contributed by atoms with E-state index in [1.807, 2.05) is 0 Å². The van der Waals surface area contributed by atoms with Gasteiger partial charge in [-0.2, -0.15) is 0 Å². The van der Waals surface area contributed by atoms with Crippen LogP contribution in [0.5, 0.6) is 11.5 Å². The lowest BCUT2D eigenvalue weighted by atomic mass is 9.86. The number of amides is 3. The Balaban J connectivity index is 1.63. The number of carbonyl (C=O) groups is 3. The first-order valence-corrected chi connectivity index (χ1v) is 9.00. The summed E-state index contributed by atoms with van der Waals surface area (Å²) < 4.78 is 15.1. The molecule has 0 unspecified atom stereocenters. The predicted octanol–water partition coefficient (Wildman–Crippen LogP) is 2.02. The van der Waals surface area contributed by atoms with Crippen molar-refractivity contribution in [3.05, 3.63) is 24.3 Å². The highest BCUT2D eigenvalue weighted by Crippen LogP contribution is 2.23. The van der Waals surface area contributed by atoms with Gasteiger partial charge in [-0.25, -0.2) is 9.59 Å². The molecule has 2 N–H and O–H groups in total. The van der Waals surface area contributed by atoms with Crippen LogP contribution >= 0.6 is 0 Å². The molecule has 0 bridgehead atoms. The molecule has 0 spiro atoms. The molecular weight excluding hydrogens is 352 g/mol. The summed E-state index contributed by atoms with van der Waals surface area (Å²) in [5.74, 6) is 0.129. The largest absolute Gasteiger partial charge is 0.497 e. The molecule has 2 rings (SSSR count). The van der Waals surface area contributed by atoms with Gasteiger partial charge in [-0.05, 0) is 43.0 Å². The zero-order valence-corrected chi connectivity index (χ0v) is 15.7. The molecule has 0 saturated heterocycles. The maximum absolute atomic E-state index is 11.9. The molecule has 1 aromatic rings. The van der Waals surface area contributed by atoms with Crippen LogP contribution in [-0.4, -0.2) is 44.3 Å². The number of imide groups is 1. The second kappa shape index (κ2) is 10.4. The summed E-state index contributed by atoms with van der Waals surface area (Å²) in [6.45, 7) is 1.19. The van der Waals surface area contributed by atoms with Gasteiger partial charge in [-0.3, -0.25) is 10.1 Å². The van der Waals surface area contributed by atoms with Crippen molar-refractivity contribution in [3.63, 3.8) is 0 Å². The highest BCUT2D eigenvalue weighted by molar-refractivity contribution is 5.95. The summed E-state index contributed by atoms with van der Waals surface area (Å²) in [6, 6.07) is 6.18. The van der Waals surface area contributed by atoms with E-state index in [0.29, 0.717) is 17.4 Å². The SMILES string of the molecule is COc1ccc(OCC(=O)OCC(=O)NC(=O)N[C@@H]2CCCC[C@@H]2C)cc1. The maximum Gasteiger partial charge on any atom is 0.344 e. The van der Waals surface area contributed by atoms with Gasteiger partial charge in [0.2, 0.25) is 0 Å². The first-order valence-electron chi connectivity index (χ1n) is 9.00. The molecule has 2 atom stereocenters. The van der Waals surface area contributed by atoms with Crippen LogP contribution in [0.4, 0.5) is 4.79 Å². The van der Waals surface area contributed by atoms with E-state index in [9.17, 15) is 14.4 Å². The molecule has 8 nitrogen and oxygen atoms in total. The van der Waals surface area contributed by atoms with E-state index in [4.69, 9.17) is 14.2 Å². The van der Waals surface area contributed by atoms with Gasteiger partial charge >= 0.3 is 12.0 Å². The summed E-state index contributed by atoms with van der Waals surface area (Å²) in [6.07, 6.45) is 4.19. The monoisotopic (exact) mass is 378 g/mol. The minimum absolute atomic E-state index is 0.0620. The summed E-state index contributed by atoms with van der Waals surface area (Å²) in [7, 11) is 1.55. The molecule has 1 aromatic carbocycles. The number of carbonyl (C=O) groups excluding carboxylic acids is 3. The number of esters is 1. The maximum atomic E-state index is 11.9. The summed E-state index contributed by atoms with van der Waals surface area (Å²) in [5, 5.41) is 4.97. The molecule has 1 fully saturated rings. The van der Waals surface area contributed by atoms with Gasteiger partial charge in [0.1, 0.15) is 11.5 Å². The Morgan fingerprint density at radius 2 is 1.70 bits per heavy atom. The van der Waals surface area contributed by atoms with Crippen molar-refractivity contribution in [2.24, 2.45) is 5.92 Å². The van der Waals surface area contributed by atoms with Crippen molar-refractivity contribution in [2.45, 2.75) is 38.6 Å². The molecule has 0 aromatic heterocycles. The smallest absolute Gasteiger partial charge is 0.344 e. The number of hydrogen-bond acceptors (Lipinski definition) is 6. The molecule has 3 amide bonds. The van der Waals surface area contributed by atoms with Crippen molar-refractivity contribution in [1.29, 1.82) is 0 Å². The summed E-state index contributed by atoms with van der Waals surface area (Å²) >= 11 is 0. The van der Waals surface area contributed by atoms with Crippen LogP contribution < -0.4 is 20.1 Å². The number of urea groups is 1. The molecule has 1 saturated carbocycles. The van der Waals surface area contributed by atoms with Gasteiger partial charge < -0.3 is 19.5 Å². The first-order chi connectivity index (χ1) is 13.0. The van der Waals surface area contributed by atoms with Crippen molar-refractivity contribution >= 4 is 17.9 Å². The third-order valence-corrected chi connectivity index (χ3v) is 4.46. The molecule has 0 radical (unpaired) electrons. The van der Waals surface area contributed by atoms with Gasteiger partial charge in [0.15, 0.2) is 13.2 Å². The van der Waals surface area contributed by atoms with Crippen molar-refractivity contribution in [3.8, 4) is 11.5 Å². The summed E-state index contributed by atoms with van der Waals surface area (Å²) in [4.78, 5) is 35.2. The highest BCUT2D eigenvalue weighted by Gasteiger charge is 2.23. The Morgan fingerprint density at radius 3 is 2.37 bits per heavy atom. The van der Waals surface area contributed by atoms with E-state index in [-0.39, 0.29) is 12.6 Å². The fraction of sp³-hybridized carbons (Fsp3) is 0.526. The van der Waals surface area contributed by atoms with E-state index in [0.717, 1.165) is 25.7 Å². The molecular formula is C19H26N2O6. The Kier molecular flexibility index (Phi) is 7.91. The minimum atomic E-state index is -0.706. The van der Waals surface area contributed by atoms with Crippen molar-refractivity contribution in [1.82, 2.24) is 10.6 Å². The Labute approximate surface area is 158 Å². The average Bonchev–Trinajstić information content (AvgIpc) is 2.67. The van der Waals surface area contributed by atoms with E-state index in [1.165, 1.54) is 0 Å². The topological polar surface area (TPSA) is 103 Å². The van der Waals surface area contributed by atoms with Gasteiger partial charge in [0.25, 0.3) is 5.91 Å². The third-order valence-electron chi connectivity index (χ3n) is 4.46. The average molecular weight is 378 g/mol. The fourth-order valence-electron chi connectivity index (χ4n) is 2.90. The lowest BCUT2D eigenvalue weighted by Gasteiger charge is -2.29. The van der Waals surface area contributed by atoms with Crippen LogP contribution in [0, 0.1) is 5.92 Å². The molecule has 148 valence electrons. The zero-order valence-electron chi connectivity index (χ0n) is 15.7. The summed E-state index contributed by atoms with van der Waals surface area (Å²) in [5.41, 5.74) is 0. The van der Waals surface area contributed by atoms with Crippen LogP contribution in [0.15, 0.2) is 24.3 Å².